The maximum absolute atomic E-state index is 13.3. The standard InChI is InChI=1S/C17H16FN3O2S/c1-10(22)20-16(17(23)21-13-4-5-24-9-13)6-11-8-19-15-7-12(18)2-3-14(11)15/h2-5,7-9,16,19H,6H2,1H3,(H,20,22)(H,21,23). The van der Waals surface area contributed by atoms with E-state index in [2.05, 4.69) is 15.6 Å². The van der Waals surface area contributed by atoms with Crippen LogP contribution < -0.4 is 10.6 Å². The topological polar surface area (TPSA) is 74.0 Å². The second-order valence-corrected chi connectivity index (χ2v) is 6.24. The van der Waals surface area contributed by atoms with Crippen LogP contribution in [0, 0.1) is 5.82 Å². The van der Waals surface area contributed by atoms with Gasteiger partial charge in [-0.25, -0.2) is 4.39 Å². The molecule has 0 fully saturated rings. The number of fused-ring (bicyclic) bond motifs is 1. The Morgan fingerprint density at radius 2 is 2.17 bits per heavy atom. The van der Waals surface area contributed by atoms with Gasteiger partial charge in [-0.1, -0.05) is 0 Å². The lowest BCUT2D eigenvalue weighted by atomic mass is 10.0. The molecule has 0 aliphatic rings. The summed E-state index contributed by atoms with van der Waals surface area (Å²) in [6, 6.07) is 5.52. The molecule has 2 amide bonds. The lowest BCUT2D eigenvalue weighted by molar-refractivity contribution is -0.125. The van der Waals surface area contributed by atoms with Gasteiger partial charge in [-0.2, -0.15) is 11.3 Å². The summed E-state index contributed by atoms with van der Waals surface area (Å²) in [7, 11) is 0. The van der Waals surface area contributed by atoms with Crippen molar-refractivity contribution in [3.8, 4) is 0 Å². The van der Waals surface area contributed by atoms with Crippen molar-refractivity contribution in [2.75, 3.05) is 5.32 Å². The summed E-state index contributed by atoms with van der Waals surface area (Å²) in [5.74, 6) is -0.907. The predicted molar refractivity (Wildman–Crippen MR) is 92.5 cm³/mol. The van der Waals surface area contributed by atoms with Crippen molar-refractivity contribution in [2.24, 2.45) is 0 Å². The first-order chi connectivity index (χ1) is 11.5. The van der Waals surface area contributed by atoms with Gasteiger partial charge in [0.1, 0.15) is 11.9 Å². The third kappa shape index (κ3) is 3.62. The monoisotopic (exact) mass is 345 g/mol. The van der Waals surface area contributed by atoms with Gasteiger partial charge in [-0.05, 0) is 35.2 Å². The number of rotatable bonds is 5. The Morgan fingerprint density at radius 1 is 1.33 bits per heavy atom. The summed E-state index contributed by atoms with van der Waals surface area (Å²) in [5.41, 5.74) is 2.19. The molecule has 2 heterocycles. The SMILES string of the molecule is CC(=O)NC(Cc1c[nH]c2cc(F)ccc12)C(=O)Nc1ccsc1. The highest BCUT2D eigenvalue weighted by atomic mass is 32.1. The van der Waals surface area contributed by atoms with Crippen molar-refractivity contribution >= 4 is 39.7 Å². The van der Waals surface area contributed by atoms with Gasteiger partial charge in [0.25, 0.3) is 0 Å². The first-order valence-corrected chi connectivity index (χ1v) is 8.33. The van der Waals surface area contributed by atoms with Crippen LogP contribution in [0.1, 0.15) is 12.5 Å². The largest absolute Gasteiger partial charge is 0.361 e. The fourth-order valence-corrected chi connectivity index (χ4v) is 3.15. The number of hydrogen-bond donors (Lipinski definition) is 3. The number of amides is 2. The van der Waals surface area contributed by atoms with Gasteiger partial charge in [-0.15, -0.1) is 0 Å². The van der Waals surface area contributed by atoms with Crippen molar-refractivity contribution in [3.05, 3.63) is 52.6 Å². The van der Waals surface area contributed by atoms with Crippen LogP contribution in [0.5, 0.6) is 0 Å². The first-order valence-electron chi connectivity index (χ1n) is 7.38. The Balaban J connectivity index is 1.82. The van der Waals surface area contributed by atoms with Crippen LogP contribution in [-0.4, -0.2) is 22.8 Å². The number of anilines is 1. The summed E-state index contributed by atoms with van der Waals surface area (Å²) in [6.07, 6.45) is 2.04. The molecule has 0 bridgehead atoms. The molecule has 1 unspecified atom stereocenters. The molecule has 0 spiro atoms. The molecule has 0 aliphatic heterocycles. The molecule has 0 saturated heterocycles. The minimum absolute atomic E-state index is 0.286. The summed E-state index contributed by atoms with van der Waals surface area (Å²) in [4.78, 5) is 26.9. The van der Waals surface area contributed by atoms with E-state index in [9.17, 15) is 14.0 Å². The van der Waals surface area contributed by atoms with E-state index in [1.807, 2.05) is 10.8 Å². The van der Waals surface area contributed by atoms with E-state index in [-0.39, 0.29) is 17.6 Å². The zero-order valence-electron chi connectivity index (χ0n) is 12.9. The van der Waals surface area contributed by atoms with Crippen molar-refractivity contribution < 1.29 is 14.0 Å². The van der Waals surface area contributed by atoms with E-state index in [0.29, 0.717) is 17.6 Å². The van der Waals surface area contributed by atoms with Crippen molar-refractivity contribution in [1.29, 1.82) is 0 Å². The van der Waals surface area contributed by atoms with Crippen LogP contribution in [0.4, 0.5) is 10.1 Å². The minimum atomic E-state index is -0.716. The average Bonchev–Trinajstić information content (AvgIpc) is 3.16. The predicted octanol–water partition coefficient (Wildman–Crippen LogP) is 3.05. The molecule has 5 nitrogen and oxygen atoms in total. The van der Waals surface area contributed by atoms with Crippen LogP contribution in [0.25, 0.3) is 10.9 Å². The Labute approximate surface area is 141 Å². The van der Waals surface area contributed by atoms with E-state index in [0.717, 1.165) is 10.9 Å². The number of aromatic nitrogens is 1. The zero-order valence-corrected chi connectivity index (χ0v) is 13.7. The van der Waals surface area contributed by atoms with Gasteiger partial charge in [0.05, 0.1) is 5.69 Å². The molecule has 0 aliphatic carbocycles. The zero-order chi connectivity index (χ0) is 17.1. The van der Waals surface area contributed by atoms with Crippen molar-refractivity contribution in [2.45, 2.75) is 19.4 Å². The summed E-state index contributed by atoms with van der Waals surface area (Å²) < 4.78 is 13.3. The third-order valence-electron chi connectivity index (χ3n) is 3.64. The van der Waals surface area contributed by atoms with Gasteiger partial charge in [0.2, 0.25) is 11.8 Å². The van der Waals surface area contributed by atoms with Crippen LogP contribution in [-0.2, 0) is 16.0 Å². The minimum Gasteiger partial charge on any atom is -0.361 e. The quantitative estimate of drug-likeness (QED) is 0.665. The lowest BCUT2D eigenvalue weighted by Gasteiger charge is -2.17. The number of hydrogen-bond acceptors (Lipinski definition) is 3. The van der Waals surface area contributed by atoms with Crippen molar-refractivity contribution in [3.63, 3.8) is 0 Å². The second-order valence-electron chi connectivity index (χ2n) is 5.46. The molecule has 7 heteroatoms. The molecule has 1 atom stereocenters. The number of benzene rings is 1. The molecular weight excluding hydrogens is 329 g/mol. The van der Waals surface area contributed by atoms with Gasteiger partial charge < -0.3 is 15.6 Å². The molecule has 3 N–H and O–H groups in total. The second kappa shape index (κ2) is 6.84. The van der Waals surface area contributed by atoms with Gasteiger partial charge in [0, 0.05) is 35.8 Å². The Hall–Kier alpha value is -2.67. The molecular formula is C17H16FN3O2S. The Kier molecular flexibility index (Phi) is 4.61. The van der Waals surface area contributed by atoms with Crippen LogP contribution in [0.3, 0.4) is 0 Å². The summed E-state index contributed by atoms with van der Waals surface area (Å²) in [5, 5.41) is 9.96. The van der Waals surface area contributed by atoms with E-state index in [1.165, 1.54) is 30.4 Å². The smallest absolute Gasteiger partial charge is 0.247 e. The molecule has 124 valence electrons. The van der Waals surface area contributed by atoms with E-state index >= 15 is 0 Å². The van der Waals surface area contributed by atoms with Gasteiger partial charge in [-0.3, -0.25) is 9.59 Å². The lowest BCUT2D eigenvalue weighted by Crippen LogP contribution is -2.44. The van der Waals surface area contributed by atoms with Gasteiger partial charge >= 0.3 is 0 Å². The highest BCUT2D eigenvalue weighted by Crippen LogP contribution is 2.21. The molecule has 0 radical (unpaired) electrons. The number of aromatic amines is 1. The highest BCUT2D eigenvalue weighted by molar-refractivity contribution is 7.08. The highest BCUT2D eigenvalue weighted by Gasteiger charge is 2.21. The van der Waals surface area contributed by atoms with E-state index in [4.69, 9.17) is 0 Å². The fraction of sp³-hybridized carbons (Fsp3) is 0.176. The maximum Gasteiger partial charge on any atom is 0.247 e. The molecule has 1 aromatic carbocycles. The number of H-pyrrole nitrogens is 1. The van der Waals surface area contributed by atoms with Crippen LogP contribution in [0.15, 0.2) is 41.2 Å². The third-order valence-corrected chi connectivity index (χ3v) is 4.32. The molecule has 0 saturated carbocycles. The maximum atomic E-state index is 13.3. The summed E-state index contributed by atoms with van der Waals surface area (Å²) in [6.45, 7) is 1.37. The Morgan fingerprint density at radius 3 is 2.88 bits per heavy atom. The van der Waals surface area contributed by atoms with Gasteiger partial charge in [0.15, 0.2) is 0 Å². The number of carbonyl (C=O) groups excluding carboxylic acids is 2. The molecule has 3 aromatic rings. The Bertz CT molecular complexity index is 873. The van der Waals surface area contributed by atoms with Crippen molar-refractivity contribution in [1.82, 2.24) is 10.3 Å². The number of nitrogens with one attached hydrogen (secondary N) is 3. The number of thiophene rings is 1. The fourth-order valence-electron chi connectivity index (χ4n) is 2.57. The first kappa shape index (κ1) is 16.2. The van der Waals surface area contributed by atoms with Crippen LogP contribution in [0.2, 0.25) is 0 Å². The van der Waals surface area contributed by atoms with E-state index in [1.54, 1.807) is 18.3 Å². The molecule has 3 rings (SSSR count). The average molecular weight is 345 g/mol. The number of halogens is 1. The number of carbonyl (C=O) groups is 2. The molecule has 24 heavy (non-hydrogen) atoms. The molecule has 2 aromatic heterocycles. The summed E-state index contributed by atoms with van der Waals surface area (Å²) >= 11 is 1.47. The van der Waals surface area contributed by atoms with Crippen LogP contribution >= 0.6 is 11.3 Å². The van der Waals surface area contributed by atoms with E-state index < -0.39 is 6.04 Å². The normalized spacial score (nSPS) is 12.1.